The summed E-state index contributed by atoms with van der Waals surface area (Å²) in [5, 5.41) is 0. The third kappa shape index (κ3) is 2.50. The highest BCUT2D eigenvalue weighted by molar-refractivity contribution is 5.79. The number of ketones is 1. The molecule has 2 rings (SSSR count). The Morgan fingerprint density at radius 3 is 2.67 bits per heavy atom. The zero-order valence-electron chi connectivity index (χ0n) is 9.80. The summed E-state index contributed by atoms with van der Waals surface area (Å²) in [4.78, 5) is 11.6. The van der Waals surface area contributed by atoms with E-state index in [2.05, 4.69) is 6.08 Å². The lowest BCUT2D eigenvalue weighted by atomic mass is 9.71. The van der Waals surface area contributed by atoms with Gasteiger partial charge in [-0.05, 0) is 51.4 Å². The van der Waals surface area contributed by atoms with Crippen LogP contribution in [0, 0.1) is 11.8 Å². The summed E-state index contributed by atoms with van der Waals surface area (Å²) in [5.74, 6) is 1.38. The van der Waals surface area contributed by atoms with Crippen LogP contribution in [0.5, 0.6) is 0 Å². The number of carbonyl (C=O) groups is 1. The lowest BCUT2D eigenvalue weighted by Crippen LogP contribution is -2.27. The van der Waals surface area contributed by atoms with E-state index in [0.717, 1.165) is 6.42 Å². The Morgan fingerprint density at radius 1 is 1.20 bits per heavy atom. The zero-order valence-corrected chi connectivity index (χ0v) is 9.80. The molecular weight excluding hydrogens is 184 g/mol. The van der Waals surface area contributed by atoms with Gasteiger partial charge >= 0.3 is 0 Å². The maximum atomic E-state index is 11.6. The van der Waals surface area contributed by atoms with Gasteiger partial charge in [0.05, 0.1) is 0 Å². The van der Waals surface area contributed by atoms with Crippen molar-refractivity contribution in [2.24, 2.45) is 11.8 Å². The third-order valence-electron chi connectivity index (χ3n) is 4.09. The van der Waals surface area contributed by atoms with Crippen molar-refractivity contribution in [3.05, 3.63) is 11.6 Å². The second-order valence-corrected chi connectivity index (χ2v) is 5.13. The molecule has 0 radical (unpaired) electrons. The molecule has 15 heavy (non-hydrogen) atoms. The maximum Gasteiger partial charge on any atom is 0.133 e. The quantitative estimate of drug-likeness (QED) is 0.627. The number of Topliss-reactive ketones (excluding diaryl/α,β-unsaturated/α-hetero) is 1. The van der Waals surface area contributed by atoms with Crippen molar-refractivity contribution in [1.29, 1.82) is 0 Å². The minimum atomic E-state index is 0.350. The van der Waals surface area contributed by atoms with E-state index in [4.69, 9.17) is 0 Å². The zero-order chi connectivity index (χ0) is 10.7. The van der Waals surface area contributed by atoms with Crippen LogP contribution >= 0.6 is 0 Å². The summed E-state index contributed by atoms with van der Waals surface area (Å²) in [6.45, 7) is 1.78. The van der Waals surface area contributed by atoms with Gasteiger partial charge in [-0.1, -0.05) is 24.5 Å². The molecule has 0 aromatic heterocycles. The Bertz CT molecular complexity index is 265. The summed E-state index contributed by atoms with van der Waals surface area (Å²) in [6.07, 6.45) is 12.6. The van der Waals surface area contributed by atoms with Gasteiger partial charge in [0.25, 0.3) is 0 Å². The van der Waals surface area contributed by atoms with Crippen molar-refractivity contribution in [2.75, 3.05) is 0 Å². The molecule has 2 aliphatic carbocycles. The van der Waals surface area contributed by atoms with E-state index in [1.54, 1.807) is 12.5 Å². The average Bonchev–Trinajstić information content (AvgIpc) is 2.30. The largest absolute Gasteiger partial charge is 0.300 e. The summed E-state index contributed by atoms with van der Waals surface area (Å²) in [6, 6.07) is 0. The lowest BCUT2D eigenvalue weighted by molar-refractivity contribution is -0.122. The van der Waals surface area contributed by atoms with E-state index < -0.39 is 0 Å². The standard InChI is InChI=1S/C14H22O/c1-11(15)13-9-5-6-10-14(13)12-7-3-2-4-8-12/h7,13-14H,2-6,8-10H2,1H3/t13-,14-/m0/s1. The van der Waals surface area contributed by atoms with Crippen LogP contribution in [0.2, 0.25) is 0 Å². The summed E-state index contributed by atoms with van der Waals surface area (Å²) in [7, 11) is 0. The van der Waals surface area contributed by atoms with Crippen LogP contribution in [-0.4, -0.2) is 5.78 Å². The van der Waals surface area contributed by atoms with Crippen LogP contribution in [0.4, 0.5) is 0 Å². The summed E-state index contributed by atoms with van der Waals surface area (Å²) in [5.41, 5.74) is 1.61. The van der Waals surface area contributed by atoms with Crippen molar-refractivity contribution < 1.29 is 4.79 Å². The lowest BCUT2D eigenvalue weighted by Gasteiger charge is -2.33. The van der Waals surface area contributed by atoms with Crippen molar-refractivity contribution in [1.82, 2.24) is 0 Å². The molecule has 2 aliphatic rings. The Kier molecular flexibility index (Phi) is 3.61. The molecular formula is C14H22O. The van der Waals surface area contributed by atoms with Gasteiger partial charge in [0.15, 0.2) is 0 Å². The highest BCUT2D eigenvalue weighted by atomic mass is 16.1. The van der Waals surface area contributed by atoms with E-state index >= 15 is 0 Å². The number of rotatable bonds is 2. The van der Waals surface area contributed by atoms with Gasteiger partial charge in [-0.3, -0.25) is 4.79 Å². The molecule has 0 aliphatic heterocycles. The molecule has 1 fully saturated rings. The van der Waals surface area contributed by atoms with Crippen molar-refractivity contribution in [3.63, 3.8) is 0 Å². The van der Waals surface area contributed by atoms with Gasteiger partial charge in [-0.15, -0.1) is 0 Å². The van der Waals surface area contributed by atoms with Gasteiger partial charge in [-0.2, -0.15) is 0 Å². The van der Waals surface area contributed by atoms with E-state index in [0.29, 0.717) is 17.6 Å². The molecule has 0 aromatic carbocycles. The average molecular weight is 206 g/mol. The highest BCUT2D eigenvalue weighted by Gasteiger charge is 2.30. The normalized spacial score (nSPS) is 32.2. The predicted molar refractivity (Wildman–Crippen MR) is 62.7 cm³/mol. The van der Waals surface area contributed by atoms with E-state index in [-0.39, 0.29) is 0 Å². The first kappa shape index (κ1) is 10.9. The fraction of sp³-hybridized carbons (Fsp3) is 0.786. The summed E-state index contributed by atoms with van der Waals surface area (Å²) >= 11 is 0. The number of carbonyl (C=O) groups excluding carboxylic acids is 1. The predicted octanol–water partition coefficient (Wildman–Crippen LogP) is 3.88. The smallest absolute Gasteiger partial charge is 0.133 e. The molecule has 0 heterocycles. The summed E-state index contributed by atoms with van der Waals surface area (Å²) < 4.78 is 0. The SMILES string of the molecule is CC(=O)[C@@H]1CCCC[C@H]1C1=CCCCC1. The molecule has 0 N–H and O–H groups in total. The molecule has 2 atom stereocenters. The van der Waals surface area contributed by atoms with Gasteiger partial charge in [0.1, 0.15) is 5.78 Å². The number of hydrogen-bond acceptors (Lipinski definition) is 1. The first-order chi connectivity index (χ1) is 7.29. The Balaban J connectivity index is 2.09. The van der Waals surface area contributed by atoms with Crippen molar-refractivity contribution >= 4 is 5.78 Å². The van der Waals surface area contributed by atoms with Crippen LogP contribution in [-0.2, 0) is 4.79 Å². The first-order valence-corrected chi connectivity index (χ1v) is 6.48. The minimum Gasteiger partial charge on any atom is -0.300 e. The number of allylic oxidation sites excluding steroid dienone is 2. The molecule has 0 amide bonds. The Hall–Kier alpha value is -0.590. The topological polar surface area (TPSA) is 17.1 Å². The molecule has 0 bridgehead atoms. The van der Waals surface area contributed by atoms with Gasteiger partial charge < -0.3 is 0 Å². The third-order valence-corrected chi connectivity index (χ3v) is 4.09. The van der Waals surface area contributed by atoms with E-state index in [1.165, 1.54) is 44.9 Å². The monoisotopic (exact) mass is 206 g/mol. The molecule has 1 saturated carbocycles. The minimum absolute atomic E-state index is 0.350. The van der Waals surface area contributed by atoms with Crippen molar-refractivity contribution in [2.45, 2.75) is 58.3 Å². The molecule has 84 valence electrons. The molecule has 1 nitrogen and oxygen atoms in total. The van der Waals surface area contributed by atoms with Crippen LogP contribution in [0.25, 0.3) is 0 Å². The maximum absolute atomic E-state index is 11.6. The van der Waals surface area contributed by atoms with Crippen LogP contribution in [0.1, 0.15) is 58.3 Å². The van der Waals surface area contributed by atoms with Gasteiger partial charge in [0.2, 0.25) is 0 Å². The molecule has 0 spiro atoms. The molecule has 0 aromatic rings. The van der Waals surface area contributed by atoms with E-state index in [1.807, 2.05) is 0 Å². The fourth-order valence-corrected chi connectivity index (χ4v) is 3.26. The number of hydrogen-bond donors (Lipinski definition) is 0. The second kappa shape index (κ2) is 4.96. The van der Waals surface area contributed by atoms with Gasteiger partial charge in [0, 0.05) is 5.92 Å². The molecule has 0 unspecified atom stereocenters. The van der Waals surface area contributed by atoms with E-state index in [9.17, 15) is 4.79 Å². The second-order valence-electron chi connectivity index (χ2n) is 5.13. The molecule has 0 saturated heterocycles. The Labute approximate surface area is 92.9 Å². The highest BCUT2D eigenvalue weighted by Crippen LogP contribution is 2.39. The van der Waals surface area contributed by atoms with Crippen LogP contribution < -0.4 is 0 Å². The van der Waals surface area contributed by atoms with Crippen LogP contribution in [0.3, 0.4) is 0 Å². The fourth-order valence-electron chi connectivity index (χ4n) is 3.26. The van der Waals surface area contributed by atoms with Crippen LogP contribution in [0.15, 0.2) is 11.6 Å². The molecule has 1 heteroatoms. The van der Waals surface area contributed by atoms with Gasteiger partial charge in [-0.25, -0.2) is 0 Å². The first-order valence-electron chi connectivity index (χ1n) is 6.48. The van der Waals surface area contributed by atoms with Crippen molar-refractivity contribution in [3.8, 4) is 0 Å². The Morgan fingerprint density at radius 2 is 2.00 bits per heavy atom.